The number of hydrogen-bond acceptors (Lipinski definition) is 4. The van der Waals surface area contributed by atoms with E-state index >= 15 is 0 Å². The zero-order chi connectivity index (χ0) is 15.5. The SMILES string of the molecule is CN(C)C1CCCN(S(=O)(=O)c2ccc(CCO)cc2)C1. The molecule has 6 heteroatoms. The summed E-state index contributed by atoms with van der Waals surface area (Å²) in [5, 5.41) is 8.90. The minimum absolute atomic E-state index is 0.0722. The summed E-state index contributed by atoms with van der Waals surface area (Å²) in [6.07, 6.45) is 2.48. The zero-order valence-corrected chi connectivity index (χ0v) is 13.5. The summed E-state index contributed by atoms with van der Waals surface area (Å²) in [5.74, 6) is 0. The number of aliphatic hydroxyl groups is 1. The van der Waals surface area contributed by atoms with Crippen molar-refractivity contribution in [2.45, 2.75) is 30.2 Å². The molecule has 0 aromatic heterocycles. The Kier molecular flexibility index (Phi) is 5.37. The summed E-state index contributed by atoms with van der Waals surface area (Å²) in [6, 6.07) is 7.11. The molecule has 1 heterocycles. The third kappa shape index (κ3) is 3.83. The Balaban J connectivity index is 2.17. The molecule has 0 bridgehead atoms. The molecule has 1 atom stereocenters. The number of aliphatic hydroxyl groups excluding tert-OH is 1. The number of benzene rings is 1. The van der Waals surface area contributed by atoms with Crippen molar-refractivity contribution in [2.75, 3.05) is 33.8 Å². The molecule has 118 valence electrons. The van der Waals surface area contributed by atoms with Crippen LogP contribution < -0.4 is 0 Å². The van der Waals surface area contributed by atoms with Crippen LogP contribution in [0.4, 0.5) is 0 Å². The molecule has 1 N–H and O–H groups in total. The van der Waals surface area contributed by atoms with E-state index in [-0.39, 0.29) is 12.6 Å². The highest BCUT2D eigenvalue weighted by molar-refractivity contribution is 7.89. The number of hydrogen-bond donors (Lipinski definition) is 1. The Morgan fingerprint density at radius 1 is 1.29 bits per heavy atom. The standard InChI is InChI=1S/C15H24N2O3S/c1-16(2)14-4-3-10-17(12-14)21(19,20)15-7-5-13(6-8-15)9-11-18/h5-8,14,18H,3-4,9-12H2,1-2H3. The van der Waals surface area contributed by atoms with Gasteiger partial charge in [-0.1, -0.05) is 12.1 Å². The summed E-state index contributed by atoms with van der Waals surface area (Å²) in [6.45, 7) is 1.21. The van der Waals surface area contributed by atoms with Gasteiger partial charge in [-0.2, -0.15) is 4.31 Å². The third-order valence-corrected chi connectivity index (χ3v) is 5.93. The molecular formula is C15H24N2O3S. The summed E-state index contributed by atoms with van der Waals surface area (Å²) in [7, 11) is 0.565. The van der Waals surface area contributed by atoms with E-state index in [0.29, 0.717) is 24.4 Å². The lowest BCUT2D eigenvalue weighted by molar-refractivity contribution is 0.190. The number of sulfonamides is 1. The Bertz CT molecular complexity index is 555. The van der Waals surface area contributed by atoms with Crippen molar-refractivity contribution in [1.82, 2.24) is 9.21 Å². The fourth-order valence-corrected chi connectivity index (χ4v) is 4.18. The molecule has 0 saturated carbocycles. The van der Waals surface area contributed by atoms with Crippen molar-refractivity contribution in [3.63, 3.8) is 0 Å². The highest BCUT2D eigenvalue weighted by atomic mass is 32.2. The normalized spacial score (nSPS) is 20.9. The highest BCUT2D eigenvalue weighted by Crippen LogP contribution is 2.22. The average molecular weight is 312 g/mol. The van der Waals surface area contributed by atoms with Crippen molar-refractivity contribution in [1.29, 1.82) is 0 Å². The van der Waals surface area contributed by atoms with Gasteiger partial charge >= 0.3 is 0 Å². The molecule has 21 heavy (non-hydrogen) atoms. The van der Waals surface area contributed by atoms with Crippen LogP contribution in [0.1, 0.15) is 18.4 Å². The zero-order valence-electron chi connectivity index (χ0n) is 12.7. The predicted molar refractivity (Wildman–Crippen MR) is 82.7 cm³/mol. The Labute approximate surface area is 127 Å². The quantitative estimate of drug-likeness (QED) is 0.879. The Hall–Kier alpha value is -0.950. The fraction of sp³-hybridized carbons (Fsp3) is 0.600. The first kappa shape index (κ1) is 16.4. The molecule has 2 rings (SSSR count). The van der Waals surface area contributed by atoms with Gasteiger partial charge in [0.2, 0.25) is 10.0 Å². The Morgan fingerprint density at radius 3 is 2.52 bits per heavy atom. The van der Waals surface area contributed by atoms with E-state index in [0.717, 1.165) is 18.4 Å². The maximum Gasteiger partial charge on any atom is 0.243 e. The lowest BCUT2D eigenvalue weighted by Gasteiger charge is -2.35. The number of piperidine rings is 1. The topological polar surface area (TPSA) is 60.9 Å². The van der Waals surface area contributed by atoms with Gasteiger partial charge in [-0.25, -0.2) is 8.42 Å². The Morgan fingerprint density at radius 2 is 1.95 bits per heavy atom. The monoisotopic (exact) mass is 312 g/mol. The van der Waals surface area contributed by atoms with Gasteiger partial charge in [0.05, 0.1) is 4.90 Å². The van der Waals surface area contributed by atoms with E-state index in [4.69, 9.17) is 5.11 Å². The predicted octanol–water partition coefficient (Wildman–Crippen LogP) is 0.936. The second-order valence-electron chi connectivity index (χ2n) is 5.74. The van der Waals surface area contributed by atoms with E-state index < -0.39 is 10.0 Å². The molecule has 0 radical (unpaired) electrons. The average Bonchev–Trinajstić information content (AvgIpc) is 2.48. The molecule has 1 aromatic carbocycles. The largest absolute Gasteiger partial charge is 0.396 e. The molecule has 0 aliphatic carbocycles. The van der Waals surface area contributed by atoms with E-state index in [9.17, 15) is 8.42 Å². The van der Waals surface area contributed by atoms with Gasteiger partial charge < -0.3 is 10.0 Å². The number of nitrogens with zero attached hydrogens (tertiary/aromatic N) is 2. The third-order valence-electron chi connectivity index (χ3n) is 4.05. The first-order chi connectivity index (χ1) is 9.95. The van der Waals surface area contributed by atoms with Gasteiger partial charge in [-0.05, 0) is 51.1 Å². The van der Waals surface area contributed by atoms with Crippen LogP contribution in [0, 0.1) is 0 Å². The summed E-state index contributed by atoms with van der Waals surface area (Å²) >= 11 is 0. The second-order valence-corrected chi connectivity index (χ2v) is 7.68. The van der Waals surface area contributed by atoms with Crippen LogP contribution in [-0.2, 0) is 16.4 Å². The number of rotatable bonds is 5. The van der Waals surface area contributed by atoms with Crippen LogP contribution in [0.2, 0.25) is 0 Å². The first-order valence-electron chi connectivity index (χ1n) is 7.31. The highest BCUT2D eigenvalue weighted by Gasteiger charge is 2.30. The van der Waals surface area contributed by atoms with Crippen LogP contribution in [0.3, 0.4) is 0 Å². The van der Waals surface area contributed by atoms with Gasteiger partial charge in [-0.3, -0.25) is 0 Å². The van der Waals surface area contributed by atoms with Crippen LogP contribution >= 0.6 is 0 Å². The van der Waals surface area contributed by atoms with Gasteiger partial charge in [-0.15, -0.1) is 0 Å². The van der Waals surface area contributed by atoms with Crippen molar-refractivity contribution in [3.05, 3.63) is 29.8 Å². The van der Waals surface area contributed by atoms with Crippen LogP contribution in [0.15, 0.2) is 29.2 Å². The second kappa shape index (κ2) is 6.87. The van der Waals surface area contributed by atoms with E-state index in [1.54, 1.807) is 28.6 Å². The van der Waals surface area contributed by atoms with Gasteiger partial charge in [0.15, 0.2) is 0 Å². The van der Waals surface area contributed by atoms with E-state index in [2.05, 4.69) is 4.90 Å². The van der Waals surface area contributed by atoms with Crippen LogP contribution in [-0.4, -0.2) is 62.6 Å². The van der Waals surface area contributed by atoms with E-state index in [1.807, 2.05) is 14.1 Å². The van der Waals surface area contributed by atoms with Gasteiger partial charge in [0.1, 0.15) is 0 Å². The van der Waals surface area contributed by atoms with Gasteiger partial charge in [0, 0.05) is 25.7 Å². The molecular weight excluding hydrogens is 288 g/mol. The van der Waals surface area contributed by atoms with Crippen molar-refractivity contribution < 1.29 is 13.5 Å². The molecule has 5 nitrogen and oxygen atoms in total. The molecule has 1 unspecified atom stereocenters. The lowest BCUT2D eigenvalue weighted by Crippen LogP contribution is -2.47. The first-order valence-corrected chi connectivity index (χ1v) is 8.75. The summed E-state index contributed by atoms with van der Waals surface area (Å²) in [5.41, 5.74) is 0.946. The molecule has 1 aromatic rings. The molecule has 1 fully saturated rings. The maximum atomic E-state index is 12.7. The summed E-state index contributed by atoms with van der Waals surface area (Å²) < 4.78 is 27.0. The number of likely N-dealkylation sites (N-methyl/N-ethyl adjacent to an activating group) is 1. The van der Waals surface area contributed by atoms with Crippen molar-refractivity contribution in [3.8, 4) is 0 Å². The fourth-order valence-electron chi connectivity index (χ4n) is 2.67. The molecule has 1 saturated heterocycles. The van der Waals surface area contributed by atoms with Crippen molar-refractivity contribution >= 4 is 10.0 Å². The smallest absolute Gasteiger partial charge is 0.243 e. The lowest BCUT2D eigenvalue weighted by atomic mass is 10.1. The maximum absolute atomic E-state index is 12.7. The minimum atomic E-state index is -3.42. The van der Waals surface area contributed by atoms with Crippen LogP contribution in [0.25, 0.3) is 0 Å². The molecule has 0 spiro atoms. The molecule has 1 aliphatic heterocycles. The van der Waals surface area contributed by atoms with Crippen molar-refractivity contribution in [2.24, 2.45) is 0 Å². The molecule has 1 aliphatic rings. The minimum Gasteiger partial charge on any atom is -0.396 e. The van der Waals surface area contributed by atoms with Crippen LogP contribution in [0.5, 0.6) is 0 Å². The van der Waals surface area contributed by atoms with Gasteiger partial charge in [0.25, 0.3) is 0 Å². The van der Waals surface area contributed by atoms with E-state index in [1.165, 1.54) is 0 Å². The summed E-state index contributed by atoms with van der Waals surface area (Å²) in [4.78, 5) is 2.43. The molecule has 0 amide bonds.